The maximum atomic E-state index is 12.2. The molecule has 1 amide bonds. The molecule has 1 aliphatic carbocycles. The molecule has 23 heavy (non-hydrogen) atoms. The molecule has 0 spiro atoms. The molecule has 1 aliphatic rings. The van der Waals surface area contributed by atoms with Crippen molar-refractivity contribution in [2.75, 3.05) is 12.0 Å². The molecule has 1 fully saturated rings. The Balaban J connectivity index is 1.82. The van der Waals surface area contributed by atoms with Gasteiger partial charge in [0.15, 0.2) is 0 Å². The minimum Gasteiger partial charge on any atom is -0.393 e. The molecule has 0 bridgehead atoms. The Morgan fingerprint density at radius 2 is 2.22 bits per heavy atom. The Kier molecular flexibility index (Phi) is 5.18. The fraction of sp³-hybridized carbons (Fsp3) is 0.444. The third-order valence-corrected chi connectivity index (χ3v) is 5.05. The van der Waals surface area contributed by atoms with Crippen molar-refractivity contribution in [3.05, 3.63) is 42.1 Å². The van der Waals surface area contributed by atoms with Crippen molar-refractivity contribution < 1.29 is 9.90 Å². The Morgan fingerprint density at radius 3 is 2.96 bits per heavy atom. The van der Waals surface area contributed by atoms with Crippen molar-refractivity contribution in [2.45, 2.75) is 31.4 Å². The maximum absolute atomic E-state index is 12.2. The van der Waals surface area contributed by atoms with Crippen LogP contribution in [0.15, 0.2) is 36.5 Å². The Morgan fingerprint density at radius 1 is 1.43 bits per heavy atom. The van der Waals surface area contributed by atoms with Crippen molar-refractivity contribution in [3.63, 3.8) is 0 Å². The van der Waals surface area contributed by atoms with Gasteiger partial charge in [0.1, 0.15) is 0 Å². The van der Waals surface area contributed by atoms with Crippen molar-refractivity contribution in [1.82, 2.24) is 10.3 Å². The first-order valence-corrected chi connectivity index (χ1v) is 9.38. The first-order chi connectivity index (χ1) is 11.2. The van der Waals surface area contributed by atoms with Gasteiger partial charge in [-0.05, 0) is 42.7 Å². The molecule has 3 rings (SSSR count). The topological polar surface area (TPSA) is 62.2 Å². The molecule has 1 unspecified atom stereocenters. The van der Waals surface area contributed by atoms with Gasteiger partial charge in [0, 0.05) is 23.8 Å². The summed E-state index contributed by atoms with van der Waals surface area (Å²) >= 11 is 1.67. The smallest absolute Gasteiger partial charge is 0.221 e. The van der Waals surface area contributed by atoms with E-state index < -0.39 is 0 Å². The largest absolute Gasteiger partial charge is 0.393 e. The number of aromatic nitrogens is 1. The van der Waals surface area contributed by atoms with E-state index in [4.69, 9.17) is 0 Å². The van der Waals surface area contributed by atoms with Crippen LogP contribution in [-0.4, -0.2) is 34.1 Å². The van der Waals surface area contributed by atoms with E-state index in [1.54, 1.807) is 11.8 Å². The summed E-state index contributed by atoms with van der Waals surface area (Å²) in [6, 6.07) is 10.0. The first kappa shape index (κ1) is 16.3. The van der Waals surface area contributed by atoms with Crippen molar-refractivity contribution in [1.29, 1.82) is 0 Å². The molecule has 2 aromatic rings. The second-order valence-corrected chi connectivity index (χ2v) is 7.12. The summed E-state index contributed by atoms with van der Waals surface area (Å²) in [6.07, 6.45) is 5.61. The highest BCUT2D eigenvalue weighted by molar-refractivity contribution is 7.98. The van der Waals surface area contributed by atoms with Crippen LogP contribution in [0.25, 0.3) is 10.9 Å². The van der Waals surface area contributed by atoms with Gasteiger partial charge in [0.2, 0.25) is 5.91 Å². The average Bonchev–Trinajstić information content (AvgIpc) is 2.55. The van der Waals surface area contributed by atoms with Gasteiger partial charge in [-0.15, -0.1) is 0 Å². The van der Waals surface area contributed by atoms with Gasteiger partial charge < -0.3 is 10.4 Å². The number of para-hydroxylation sites is 1. The SMILES string of the molecule is CSCCC(=O)NC(c1cnc2ccccc2c1)C1CC(O)C1. The van der Waals surface area contributed by atoms with E-state index in [2.05, 4.69) is 16.4 Å². The van der Waals surface area contributed by atoms with E-state index in [0.717, 1.165) is 35.1 Å². The number of thioether (sulfide) groups is 1. The number of pyridine rings is 1. The Labute approximate surface area is 140 Å². The third-order valence-electron chi connectivity index (χ3n) is 4.44. The molecule has 1 aromatic carbocycles. The van der Waals surface area contributed by atoms with E-state index in [-0.39, 0.29) is 24.0 Å². The highest BCUT2D eigenvalue weighted by Crippen LogP contribution is 2.38. The number of nitrogens with one attached hydrogen (secondary N) is 1. The lowest BCUT2D eigenvalue weighted by Gasteiger charge is -2.38. The summed E-state index contributed by atoms with van der Waals surface area (Å²) in [7, 11) is 0. The van der Waals surface area contributed by atoms with Gasteiger partial charge in [-0.2, -0.15) is 11.8 Å². The fourth-order valence-corrected chi connectivity index (χ4v) is 3.46. The molecule has 1 saturated carbocycles. The molecular weight excluding hydrogens is 308 g/mol. The van der Waals surface area contributed by atoms with Gasteiger partial charge in [-0.25, -0.2) is 0 Å². The number of rotatable bonds is 6. The zero-order valence-electron chi connectivity index (χ0n) is 13.2. The van der Waals surface area contributed by atoms with Crippen LogP contribution in [0.3, 0.4) is 0 Å². The van der Waals surface area contributed by atoms with Crippen LogP contribution in [0, 0.1) is 5.92 Å². The summed E-state index contributed by atoms with van der Waals surface area (Å²) < 4.78 is 0. The lowest BCUT2D eigenvalue weighted by Crippen LogP contribution is -2.41. The number of hydrogen-bond donors (Lipinski definition) is 2. The number of carbonyl (C=O) groups is 1. The van der Waals surface area contributed by atoms with Gasteiger partial charge in [0.25, 0.3) is 0 Å². The number of aliphatic hydroxyl groups excluding tert-OH is 1. The summed E-state index contributed by atoms with van der Waals surface area (Å²) in [4.78, 5) is 16.7. The van der Waals surface area contributed by atoms with E-state index in [1.807, 2.05) is 36.7 Å². The lowest BCUT2D eigenvalue weighted by atomic mass is 9.75. The van der Waals surface area contributed by atoms with Gasteiger partial charge in [-0.3, -0.25) is 9.78 Å². The second kappa shape index (κ2) is 7.32. The normalized spacial score (nSPS) is 21.7. The number of amides is 1. The molecule has 0 saturated heterocycles. The molecule has 5 heteroatoms. The lowest BCUT2D eigenvalue weighted by molar-refractivity contribution is -0.122. The summed E-state index contributed by atoms with van der Waals surface area (Å²) in [5, 5.41) is 13.9. The van der Waals surface area contributed by atoms with Crippen molar-refractivity contribution >= 4 is 28.6 Å². The first-order valence-electron chi connectivity index (χ1n) is 7.98. The van der Waals surface area contributed by atoms with E-state index in [9.17, 15) is 9.90 Å². The van der Waals surface area contributed by atoms with Crippen LogP contribution in [-0.2, 0) is 4.79 Å². The Bertz CT molecular complexity index is 686. The molecule has 0 aliphatic heterocycles. The number of carbonyl (C=O) groups excluding carboxylic acids is 1. The molecule has 4 nitrogen and oxygen atoms in total. The van der Waals surface area contributed by atoms with Crippen LogP contribution in [0.2, 0.25) is 0 Å². The predicted octanol–water partition coefficient (Wildman–Crippen LogP) is 2.92. The number of hydrogen-bond acceptors (Lipinski definition) is 4. The second-order valence-electron chi connectivity index (χ2n) is 6.13. The van der Waals surface area contributed by atoms with Gasteiger partial charge in [0.05, 0.1) is 17.7 Å². The van der Waals surface area contributed by atoms with Gasteiger partial charge >= 0.3 is 0 Å². The minimum absolute atomic E-state index is 0.0649. The fourth-order valence-electron chi connectivity index (χ4n) is 3.07. The average molecular weight is 330 g/mol. The van der Waals surface area contributed by atoms with Gasteiger partial charge in [-0.1, -0.05) is 18.2 Å². The van der Waals surface area contributed by atoms with E-state index in [1.165, 1.54) is 0 Å². The monoisotopic (exact) mass is 330 g/mol. The summed E-state index contributed by atoms with van der Waals surface area (Å²) in [6.45, 7) is 0. The van der Waals surface area contributed by atoms with Crippen LogP contribution in [0.4, 0.5) is 0 Å². The maximum Gasteiger partial charge on any atom is 0.221 e. The summed E-state index contributed by atoms with van der Waals surface area (Å²) in [5.41, 5.74) is 1.98. The predicted molar refractivity (Wildman–Crippen MR) is 94.4 cm³/mol. The van der Waals surface area contributed by atoms with Crippen LogP contribution >= 0.6 is 11.8 Å². The van der Waals surface area contributed by atoms with E-state index >= 15 is 0 Å². The Hall–Kier alpha value is -1.59. The number of fused-ring (bicyclic) bond motifs is 1. The zero-order valence-corrected chi connectivity index (χ0v) is 14.1. The van der Waals surface area contributed by atoms with Crippen molar-refractivity contribution in [3.8, 4) is 0 Å². The van der Waals surface area contributed by atoms with Crippen LogP contribution in [0.5, 0.6) is 0 Å². The highest BCUT2D eigenvalue weighted by atomic mass is 32.2. The van der Waals surface area contributed by atoms with Crippen LogP contribution < -0.4 is 5.32 Å². The molecular formula is C18H22N2O2S. The standard InChI is InChI=1S/C18H22N2O2S/c1-23-7-6-17(22)20-18(13-9-15(21)10-13)14-8-12-4-2-3-5-16(12)19-11-14/h2-5,8,11,13,15,18,21H,6-7,9-10H2,1H3,(H,20,22). The molecule has 1 heterocycles. The zero-order chi connectivity index (χ0) is 16.2. The molecule has 0 radical (unpaired) electrons. The molecule has 1 aromatic heterocycles. The van der Waals surface area contributed by atoms with Crippen LogP contribution in [0.1, 0.15) is 30.9 Å². The quantitative estimate of drug-likeness (QED) is 0.855. The number of benzene rings is 1. The molecule has 2 N–H and O–H groups in total. The number of aliphatic hydroxyl groups is 1. The summed E-state index contributed by atoms with van der Waals surface area (Å²) in [5.74, 6) is 1.17. The highest BCUT2D eigenvalue weighted by Gasteiger charge is 2.35. The number of nitrogens with zero attached hydrogens (tertiary/aromatic N) is 1. The molecule has 122 valence electrons. The van der Waals surface area contributed by atoms with Crippen molar-refractivity contribution in [2.24, 2.45) is 5.92 Å². The molecule has 1 atom stereocenters. The minimum atomic E-state index is -0.237. The van der Waals surface area contributed by atoms with E-state index in [0.29, 0.717) is 6.42 Å². The third kappa shape index (κ3) is 3.85.